The lowest BCUT2D eigenvalue weighted by Crippen LogP contribution is -2.05. The molecule has 0 amide bonds. The molecule has 0 aliphatic rings. The molecule has 1 N–H and O–H groups in total. The lowest BCUT2D eigenvalue weighted by molar-refractivity contribution is 0.0774. The molecule has 5 heteroatoms. The van der Waals surface area contributed by atoms with Gasteiger partial charge in [0.25, 0.3) is 0 Å². The number of aliphatic hydroxyl groups is 1. The highest BCUT2D eigenvalue weighted by Crippen LogP contribution is 2.28. The van der Waals surface area contributed by atoms with Crippen LogP contribution >= 0.6 is 23.2 Å². The number of ether oxygens (including phenoxy) is 1. The number of hydrogen-bond acceptors (Lipinski definition) is 3. The summed E-state index contributed by atoms with van der Waals surface area (Å²) in [5.41, 5.74) is 0.589. The van der Waals surface area contributed by atoms with E-state index in [1.165, 1.54) is 0 Å². The van der Waals surface area contributed by atoms with Crippen LogP contribution in [0.5, 0.6) is 0 Å². The predicted octanol–water partition coefficient (Wildman–Crippen LogP) is 2.96. The van der Waals surface area contributed by atoms with Gasteiger partial charge >= 0.3 is 0 Å². The summed E-state index contributed by atoms with van der Waals surface area (Å²) in [6.07, 6.45) is -0.236. The maximum atomic E-state index is 8.94. The van der Waals surface area contributed by atoms with Crippen molar-refractivity contribution in [3.63, 3.8) is 0 Å². The first kappa shape index (κ1) is 13.3. The number of hydrogen-bond donors (Lipinski definition) is 1. The Morgan fingerprint density at radius 1 is 1.44 bits per heavy atom. The van der Waals surface area contributed by atoms with Gasteiger partial charge in [0.15, 0.2) is 6.10 Å². The average Bonchev–Trinajstić information content (AvgIpc) is 2.26. The van der Waals surface area contributed by atoms with E-state index in [9.17, 15) is 0 Å². The van der Waals surface area contributed by atoms with Crippen LogP contribution in [0.3, 0.4) is 0 Å². The van der Waals surface area contributed by atoms with E-state index < -0.39 is 6.10 Å². The highest BCUT2D eigenvalue weighted by atomic mass is 35.5. The van der Waals surface area contributed by atoms with E-state index in [0.29, 0.717) is 28.6 Å². The van der Waals surface area contributed by atoms with Crippen molar-refractivity contribution < 1.29 is 9.84 Å². The Hall–Kier alpha value is -0.790. The van der Waals surface area contributed by atoms with Crippen molar-refractivity contribution >= 4 is 23.2 Å². The number of nitrogens with zero attached hydrogens (tertiary/aromatic N) is 1. The molecular weight excluding hydrogens is 249 g/mol. The van der Waals surface area contributed by atoms with Gasteiger partial charge in [0, 0.05) is 22.2 Å². The maximum absolute atomic E-state index is 8.94. The van der Waals surface area contributed by atoms with E-state index >= 15 is 0 Å². The molecular formula is C11H11Cl2NO2. The largest absolute Gasteiger partial charge is 0.396 e. The molecule has 1 rings (SSSR count). The molecule has 1 aromatic carbocycles. The highest BCUT2D eigenvalue weighted by Gasteiger charge is 2.14. The van der Waals surface area contributed by atoms with Crippen LogP contribution in [0.2, 0.25) is 10.0 Å². The Morgan fingerprint density at radius 3 is 2.75 bits per heavy atom. The third-order valence-electron chi connectivity index (χ3n) is 1.95. The topological polar surface area (TPSA) is 53.2 Å². The van der Waals surface area contributed by atoms with Crippen LogP contribution in [-0.4, -0.2) is 18.3 Å². The lowest BCUT2D eigenvalue weighted by atomic mass is 10.1. The third kappa shape index (κ3) is 3.66. The Kier molecular flexibility index (Phi) is 5.58. The van der Waals surface area contributed by atoms with Gasteiger partial charge in [-0.1, -0.05) is 29.3 Å². The van der Waals surface area contributed by atoms with Gasteiger partial charge in [-0.25, -0.2) is 0 Å². The number of halogens is 2. The average molecular weight is 260 g/mol. The van der Waals surface area contributed by atoms with Gasteiger partial charge in [-0.3, -0.25) is 0 Å². The minimum Gasteiger partial charge on any atom is -0.396 e. The molecule has 0 aliphatic heterocycles. The molecule has 0 saturated carbocycles. The quantitative estimate of drug-likeness (QED) is 0.828. The van der Waals surface area contributed by atoms with Gasteiger partial charge in [-0.2, -0.15) is 5.26 Å². The van der Waals surface area contributed by atoms with Crippen molar-refractivity contribution in [2.75, 3.05) is 13.2 Å². The van der Waals surface area contributed by atoms with Gasteiger partial charge in [0.1, 0.15) is 0 Å². The van der Waals surface area contributed by atoms with E-state index in [0.717, 1.165) is 0 Å². The first-order chi connectivity index (χ1) is 7.69. The van der Waals surface area contributed by atoms with E-state index in [4.69, 9.17) is 38.3 Å². The molecule has 16 heavy (non-hydrogen) atoms. The third-order valence-corrected chi connectivity index (χ3v) is 2.51. The summed E-state index contributed by atoms with van der Waals surface area (Å²) in [6, 6.07) is 6.89. The van der Waals surface area contributed by atoms with Gasteiger partial charge in [0.2, 0.25) is 0 Å². The second-order valence-corrected chi connectivity index (χ2v) is 3.97. The van der Waals surface area contributed by atoms with Crippen LogP contribution < -0.4 is 0 Å². The molecule has 0 aliphatic carbocycles. The zero-order chi connectivity index (χ0) is 12.0. The molecule has 1 unspecified atom stereocenters. The summed E-state index contributed by atoms with van der Waals surface area (Å²) in [4.78, 5) is 0. The van der Waals surface area contributed by atoms with Crippen LogP contribution in [0.4, 0.5) is 0 Å². The van der Waals surface area contributed by atoms with E-state index in [1.54, 1.807) is 18.2 Å². The van der Waals surface area contributed by atoms with Gasteiger partial charge in [0.05, 0.1) is 12.7 Å². The van der Waals surface area contributed by atoms with Crippen molar-refractivity contribution in [1.82, 2.24) is 0 Å². The molecule has 3 nitrogen and oxygen atoms in total. The molecule has 0 saturated heterocycles. The predicted molar refractivity (Wildman–Crippen MR) is 62.5 cm³/mol. The lowest BCUT2D eigenvalue weighted by Gasteiger charge is -2.12. The summed E-state index contributed by atoms with van der Waals surface area (Å²) in [6.45, 7) is 0.347. The van der Waals surface area contributed by atoms with Crippen LogP contribution in [0, 0.1) is 11.3 Å². The zero-order valence-electron chi connectivity index (χ0n) is 8.49. The fourth-order valence-corrected chi connectivity index (χ4v) is 1.68. The number of aliphatic hydroxyl groups excluding tert-OH is 1. The fourth-order valence-electron chi connectivity index (χ4n) is 1.18. The smallest absolute Gasteiger partial charge is 0.170 e. The first-order valence-corrected chi connectivity index (χ1v) is 5.51. The number of nitriles is 1. The van der Waals surface area contributed by atoms with Crippen LogP contribution in [-0.2, 0) is 4.74 Å². The molecule has 0 aromatic heterocycles. The zero-order valence-corrected chi connectivity index (χ0v) is 10.0. The summed E-state index contributed by atoms with van der Waals surface area (Å²) >= 11 is 11.7. The summed E-state index contributed by atoms with van der Waals surface area (Å²) in [7, 11) is 0. The van der Waals surface area contributed by atoms with Gasteiger partial charge in [-0.15, -0.1) is 0 Å². The summed E-state index contributed by atoms with van der Waals surface area (Å²) < 4.78 is 5.29. The van der Waals surface area contributed by atoms with Crippen molar-refractivity contribution in [1.29, 1.82) is 5.26 Å². The first-order valence-electron chi connectivity index (χ1n) is 4.76. The Labute approximate surface area is 104 Å². The molecule has 0 heterocycles. The Bertz CT molecular complexity index is 390. The monoisotopic (exact) mass is 259 g/mol. The maximum Gasteiger partial charge on any atom is 0.170 e. The minimum absolute atomic E-state index is 0.0342. The van der Waals surface area contributed by atoms with Crippen LogP contribution in [0.25, 0.3) is 0 Å². The van der Waals surface area contributed by atoms with E-state index in [2.05, 4.69) is 0 Å². The molecule has 1 aromatic rings. The molecule has 1 atom stereocenters. The highest BCUT2D eigenvalue weighted by molar-refractivity contribution is 6.35. The van der Waals surface area contributed by atoms with Gasteiger partial charge in [-0.05, 0) is 18.6 Å². The van der Waals surface area contributed by atoms with E-state index in [-0.39, 0.29) is 6.61 Å². The van der Waals surface area contributed by atoms with Crippen LogP contribution in [0.1, 0.15) is 18.1 Å². The molecule has 0 bridgehead atoms. The fraction of sp³-hybridized carbons (Fsp3) is 0.364. The van der Waals surface area contributed by atoms with Crippen molar-refractivity contribution in [2.45, 2.75) is 12.5 Å². The molecule has 0 fully saturated rings. The van der Waals surface area contributed by atoms with E-state index in [1.807, 2.05) is 6.07 Å². The van der Waals surface area contributed by atoms with Gasteiger partial charge < -0.3 is 9.84 Å². The summed E-state index contributed by atoms with van der Waals surface area (Å²) in [5.74, 6) is 0. The Morgan fingerprint density at radius 2 is 2.19 bits per heavy atom. The second kappa shape index (κ2) is 6.72. The van der Waals surface area contributed by atoms with Crippen molar-refractivity contribution in [3.05, 3.63) is 33.8 Å². The van der Waals surface area contributed by atoms with Crippen molar-refractivity contribution in [3.8, 4) is 6.07 Å². The van der Waals surface area contributed by atoms with Crippen LogP contribution in [0.15, 0.2) is 18.2 Å². The Balaban J connectivity index is 2.76. The van der Waals surface area contributed by atoms with Crippen molar-refractivity contribution in [2.24, 2.45) is 0 Å². The minimum atomic E-state index is -0.726. The SMILES string of the molecule is N#CC(OCCCO)c1ccc(Cl)cc1Cl. The summed E-state index contributed by atoms with van der Waals surface area (Å²) in [5, 5.41) is 18.5. The number of rotatable bonds is 5. The normalized spacial score (nSPS) is 12.1. The molecule has 0 radical (unpaired) electrons. The standard InChI is InChI=1S/C11H11Cl2NO2/c12-8-2-3-9(10(13)6-8)11(7-14)16-5-1-4-15/h2-3,6,11,15H,1,4-5H2. The molecule has 0 spiro atoms. The number of benzene rings is 1. The second-order valence-electron chi connectivity index (χ2n) is 3.12. The molecule has 86 valence electrons.